The number of carbonyl (C=O) groups is 2. The van der Waals surface area contributed by atoms with Gasteiger partial charge in [0.1, 0.15) is 5.75 Å². The molecule has 0 radical (unpaired) electrons. The third-order valence-electron chi connectivity index (χ3n) is 9.06. The number of fused-ring (bicyclic) bond motifs is 1. The first kappa shape index (κ1) is 27.4. The van der Waals surface area contributed by atoms with Gasteiger partial charge in [0.15, 0.2) is 11.5 Å². The summed E-state index contributed by atoms with van der Waals surface area (Å²) in [4.78, 5) is 27.5. The van der Waals surface area contributed by atoms with E-state index in [0.29, 0.717) is 11.8 Å². The number of Topliss-reactive ketones (excluding diaryl/α,β-unsaturated/α-hetero) is 1. The van der Waals surface area contributed by atoms with E-state index < -0.39 is 11.6 Å². The first-order valence-corrected chi connectivity index (χ1v) is 13.8. The lowest BCUT2D eigenvalue weighted by Gasteiger charge is -2.52. The van der Waals surface area contributed by atoms with Crippen LogP contribution in [0, 0.1) is 35.0 Å². The molecule has 2 aliphatic carbocycles. The van der Waals surface area contributed by atoms with Crippen molar-refractivity contribution in [3.05, 3.63) is 64.8 Å². The number of aliphatic hydroxyl groups is 1. The second kappa shape index (κ2) is 10.2. The Bertz CT molecular complexity index is 1150. The Labute approximate surface area is 221 Å². The molecule has 2 unspecified atom stereocenters. The highest BCUT2D eigenvalue weighted by molar-refractivity contribution is 6.22. The molecular weight excluding hydrogens is 462 g/mol. The SMILES string of the molecule is CCC(C)/C=C(\C)[C@H]1C(C)=C[C@@]2(C)C[C@H](C)CC[C@@H]2[C@H]1C(=O)C1=CC(O)(Cc2ccc(O)cc2)NC1=O. The van der Waals surface area contributed by atoms with Crippen LogP contribution in [0.5, 0.6) is 5.75 Å². The maximum atomic E-state index is 14.4. The number of nitrogens with one attached hydrogen (secondary N) is 1. The Morgan fingerprint density at radius 1 is 1.22 bits per heavy atom. The number of benzene rings is 1. The van der Waals surface area contributed by atoms with E-state index in [4.69, 9.17) is 0 Å². The zero-order chi connectivity index (χ0) is 27.1. The maximum absolute atomic E-state index is 14.4. The second-order valence-corrected chi connectivity index (χ2v) is 12.3. The van der Waals surface area contributed by atoms with Gasteiger partial charge in [0.25, 0.3) is 5.91 Å². The zero-order valence-electron chi connectivity index (χ0n) is 23.2. The minimum atomic E-state index is -1.64. The molecular formula is C32H43NO4. The summed E-state index contributed by atoms with van der Waals surface area (Å²) in [6, 6.07) is 6.50. The van der Waals surface area contributed by atoms with Crippen molar-refractivity contribution in [2.75, 3.05) is 0 Å². The van der Waals surface area contributed by atoms with Crippen LogP contribution in [0.15, 0.2) is 59.2 Å². The number of hydrogen-bond donors (Lipinski definition) is 3. The van der Waals surface area contributed by atoms with Crippen molar-refractivity contribution in [3.8, 4) is 5.75 Å². The van der Waals surface area contributed by atoms with E-state index in [2.05, 4.69) is 59.0 Å². The van der Waals surface area contributed by atoms with Gasteiger partial charge in [-0.05, 0) is 73.6 Å². The van der Waals surface area contributed by atoms with Crippen LogP contribution in [0.1, 0.15) is 72.8 Å². The third kappa shape index (κ3) is 5.47. The molecule has 1 aromatic rings. The molecule has 0 spiro atoms. The van der Waals surface area contributed by atoms with Crippen LogP contribution in [0.2, 0.25) is 0 Å². The van der Waals surface area contributed by atoms with Gasteiger partial charge in [-0.15, -0.1) is 0 Å². The van der Waals surface area contributed by atoms with Crippen LogP contribution in [-0.2, 0) is 16.0 Å². The van der Waals surface area contributed by atoms with Crippen molar-refractivity contribution in [1.82, 2.24) is 5.32 Å². The molecule has 0 saturated heterocycles. The van der Waals surface area contributed by atoms with Crippen molar-refractivity contribution in [1.29, 1.82) is 0 Å². The largest absolute Gasteiger partial charge is 0.508 e. The number of aromatic hydroxyl groups is 1. The fourth-order valence-electron chi connectivity index (χ4n) is 7.31. The average molecular weight is 506 g/mol. The van der Waals surface area contributed by atoms with Crippen LogP contribution < -0.4 is 5.32 Å². The summed E-state index contributed by atoms with van der Waals surface area (Å²) in [6.45, 7) is 13.2. The molecule has 5 heteroatoms. The van der Waals surface area contributed by atoms with E-state index >= 15 is 0 Å². The second-order valence-electron chi connectivity index (χ2n) is 12.3. The Morgan fingerprint density at radius 3 is 2.54 bits per heavy atom. The minimum Gasteiger partial charge on any atom is -0.508 e. The zero-order valence-corrected chi connectivity index (χ0v) is 23.2. The quantitative estimate of drug-likeness (QED) is 0.319. The Hall–Kier alpha value is -2.66. The van der Waals surface area contributed by atoms with Gasteiger partial charge in [0.2, 0.25) is 0 Å². The van der Waals surface area contributed by atoms with E-state index in [0.717, 1.165) is 31.2 Å². The predicted octanol–water partition coefficient (Wildman–Crippen LogP) is 5.88. The van der Waals surface area contributed by atoms with E-state index in [-0.39, 0.29) is 46.7 Å². The molecule has 37 heavy (non-hydrogen) atoms. The number of ketones is 1. The van der Waals surface area contributed by atoms with Crippen LogP contribution in [0.3, 0.4) is 0 Å². The highest BCUT2D eigenvalue weighted by atomic mass is 16.3. The first-order valence-electron chi connectivity index (χ1n) is 13.8. The van der Waals surface area contributed by atoms with E-state index in [9.17, 15) is 19.8 Å². The Balaban J connectivity index is 1.73. The van der Waals surface area contributed by atoms with Crippen LogP contribution in [0.25, 0.3) is 0 Å². The summed E-state index contributed by atoms with van der Waals surface area (Å²) in [5, 5.41) is 23.5. The number of rotatable bonds is 7. The normalized spacial score (nSPS) is 34.8. The number of phenols is 1. The van der Waals surface area contributed by atoms with Crippen molar-refractivity contribution >= 4 is 11.7 Å². The molecule has 1 amide bonds. The summed E-state index contributed by atoms with van der Waals surface area (Å²) in [6.07, 6.45) is 10.4. The molecule has 0 aromatic heterocycles. The Morgan fingerprint density at radius 2 is 1.89 bits per heavy atom. The van der Waals surface area contributed by atoms with Crippen molar-refractivity contribution in [2.45, 2.75) is 79.4 Å². The van der Waals surface area contributed by atoms with Crippen molar-refractivity contribution in [3.63, 3.8) is 0 Å². The minimum absolute atomic E-state index is 0.0486. The highest BCUT2D eigenvalue weighted by Crippen LogP contribution is 2.56. The van der Waals surface area contributed by atoms with Gasteiger partial charge >= 0.3 is 0 Å². The summed E-state index contributed by atoms with van der Waals surface area (Å²) in [5.41, 5.74) is 1.50. The van der Waals surface area contributed by atoms with Crippen molar-refractivity contribution in [2.24, 2.45) is 35.0 Å². The molecule has 7 atom stereocenters. The van der Waals surface area contributed by atoms with Gasteiger partial charge in [0.05, 0.1) is 5.57 Å². The van der Waals surface area contributed by atoms with Crippen LogP contribution in [-0.4, -0.2) is 27.6 Å². The highest BCUT2D eigenvalue weighted by Gasteiger charge is 2.53. The number of phenolic OH excluding ortho intramolecular Hbond substituents is 1. The van der Waals surface area contributed by atoms with Gasteiger partial charge in [-0.2, -0.15) is 0 Å². The van der Waals surface area contributed by atoms with E-state index in [1.807, 2.05) is 0 Å². The van der Waals surface area contributed by atoms with Gasteiger partial charge in [-0.1, -0.05) is 76.0 Å². The van der Waals surface area contributed by atoms with Gasteiger partial charge in [0, 0.05) is 18.3 Å². The molecule has 0 bridgehead atoms. The van der Waals surface area contributed by atoms with E-state index in [1.54, 1.807) is 24.3 Å². The van der Waals surface area contributed by atoms with Crippen molar-refractivity contribution < 1.29 is 19.8 Å². The summed E-state index contributed by atoms with van der Waals surface area (Å²) in [7, 11) is 0. The van der Waals surface area contributed by atoms with Crippen LogP contribution in [0.4, 0.5) is 0 Å². The number of amides is 1. The maximum Gasteiger partial charge on any atom is 0.257 e. The molecule has 1 aliphatic heterocycles. The fourth-order valence-corrected chi connectivity index (χ4v) is 7.31. The molecule has 1 fully saturated rings. The van der Waals surface area contributed by atoms with Gasteiger partial charge < -0.3 is 15.5 Å². The lowest BCUT2D eigenvalue weighted by Crippen LogP contribution is -2.48. The Kier molecular flexibility index (Phi) is 7.58. The number of hydrogen-bond acceptors (Lipinski definition) is 4. The molecule has 200 valence electrons. The number of carbonyl (C=O) groups excluding carboxylic acids is 2. The van der Waals surface area contributed by atoms with E-state index in [1.165, 1.54) is 17.2 Å². The fraction of sp³-hybridized carbons (Fsp3) is 0.562. The molecule has 3 aliphatic rings. The average Bonchev–Trinajstić information content (AvgIpc) is 3.12. The molecule has 4 rings (SSSR count). The summed E-state index contributed by atoms with van der Waals surface area (Å²) >= 11 is 0. The smallest absolute Gasteiger partial charge is 0.257 e. The third-order valence-corrected chi connectivity index (χ3v) is 9.06. The molecule has 1 aromatic carbocycles. The summed E-state index contributed by atoms with van der Waals surface area (Å²) in [5.74, 6) is 0.236. The lowest BCUT2D eigenvalue weighted by atomic mass is 9.52. The monoisotopic (exact) mass is 505 g/mol. The first-order chi connectivity index (χ1) is 17.4. The molecule has 5 nitrogen and oxygen atoms in total. The standard InChI is InChI=1S/C32H43NO4/c1-7-19(2)14-21(4)27-22(5)16-31(6)15-20(3)8-13-26(31)28(27)29(35)25-18-32(37,33-30(25)36)17-23-9-11-24(34)12-10-23/h9-12,14,16,18-20,26-28,34,37H,7-8,13,15,17H2,1-6H3,(H,33,36)/b21-14+/t19?,20-,26-,27+,28-,31-,32?/m1/s1. The summed E-state index contributed by atoms with van der Waals surface area (Å²) < 4.78 is 0. The van der Waals surface area contributed by atoms with Gasteiger partial charge in [-0.25, -0.2) is 0 Å². The lowest BCUT2D eigenvalue weighted by molar-refractivity contribution is -0.129. The molecule has 1 saturated carbocycles. The topological polar surface area (TPSA) is 86.6 Å². The molecule has 3 N–H and O–H groups in total. The van der Waals surface area contributed by atoms with Gasteiger partial charge in [-0.3, -0.25) is 9.59 Å². The predicted molar refractivity (Wildman–Crippen MR) is 147 cm³/mol. The van der Waals surface area contributed by atoms with Crippen LogP contribution >= 0.6 is 0 Å². The molecule has 1 heterocycles. The number of allylic oxidation sites excluding steroid dienone is 4.